The molecule has 0 spiro atoms. The van der Waals surface area contributed by atoms with Crippen molar-refractivity contribution >= 4 is 27.5 Å². The van der Waals surface area contributed by atoms with E-state index in [4.69, 9.17) is 0 Å². The van der Waals surface area contributed by atoms with E-state index in [2.05, 4.69) is 57.4 Å². The van der Waals surface area contributed by atoms with Crippen molar-refractivity contribution in [3.63, 3.8) is 0 Å². The summed E-state index contributed by atoms with van der Waals surface area (Å²) >= 11 is 3.53. The number of nitrogens with zero attached hydrogens (tertiary/aromatic N) is 1. The van der Waals surface area contributed by atoms with Gasteiger partial charge in [-0.15, -0.1) is 0 Å². The molecule has 0 heterocycles. The van der Waals surface area contributed by atoms with Gasteiger partial charge in [-0.1, -0.05) is 29.8 Å². The molecule has 0 aliphatic carbocycles. The number of rotatable bonds is 9. The number of nitrogens with one attached hydrogen (secondary N) is 2. The van der Waals surface area contributed by atoms with Gasteiger partial charge in [-0.25, -0.2) is 0 Å². The molecule has 0 aromatic heterocycles. The molecule has 21 heavy (non-hydrogen) atoms. The topological polar surface area (TPSA) is 44.4 Å². The van der Waals surface area contributed by atoms with Crippen molar-refractivity contribution in [2.75, 3.05) is 31.6 Å². The van der Waals surface area contributed by atoms with Crippen molar-refractivity contribution in [1.29, 1.82) is 0 Å². The zero-order chi connectivity index (χ0) is 15.7. The number of carbonyl (C=O) groups is 1. The maximum absolute atomic E-state index is 11.7. The second-order valence-electron chi connectivity index (χ2n) is 5.04. The average Bonchev–Trinajstić information content (AvgIpc) is 2.47. The van der Waals surface area contributed by atoms with Crippen LogP contribution in [0.3, 0.4) is 0 Å². The molecule has 4 nitrogen and oxygen atoms in total. The fourth-order valence-corrected chi connectivity index (χ4v) is 2.62. The molecule has 0 saturated carbocycles. The summed E-state index contributed by atoms with van der Waals surface area (Å²) in [4.78, 5) is 13.9. The van der Waals surface area contributed by atoms with Crippen molar-refractivity contribution in [3.05, 3.63) is 28.2 Å². The van der Waals surface area contributed by atoms with E-state index in [0.29, 0.717) is 6.54 Å². The lowest BCUT2D eigenvalue weighted by Crippen LogP contribution is -2.37. The number of benzene rings is 1. The zero-order valence-electron chi connectivity index (χ0n) is 13.2. The molecule has 0 bridgehead atoms. The van der Waals surface area contributed by atoms with E-state index >= 15 is 0 Å². The van der Waals surface area contributed by atoms with Gasteiger partial charge >= 0.3 is 0 Å². The number of amides is 1. The van der Waals surface area contributed by atoms with E-state index in [0.717, 1.165) is 42.6 Å². The molecule has 0 fully saturated rings. The highest BCUT2D eigenvalue weighted by Gasteiger charge is 2.14. The summed E-state index contributed by atoms with van der Waals surface area (Å²) in [6.07, 6.45) is 2.12. The van der Waals surface area contributed by atoms with Gasteiger partial charge in [0.05, 0.1) is 6.54 Å². The van der Waals surface area contributed by atoms with Gasteiger partial charge < -0.3 is 15.5 Å². The molecule has 1 aromatic carbocycles. The highest BCUT2D eigenvalue weighted by molar-refractivity contribution is 9.10. The van der Waals surface area contributed by atoms with Crippen LogP contribution in [0.25, 0.3) is 0 Å². The van der Waals surface area contributed by atoms with Gasteiger partial charge in [-0.3, -0.25) is 4.79 Å². The van der Waals surface area contributed by atoms with Crippen LogP contribution in [0.15, 0.2) is 22.7 Å². The van der Waals surface area contributed by atoms with Crippen LogP contribution in [0, 0.1) is 0 Å². The Bertz CT molecular complexity index is 451. The van der Waals surface area contributed by atoms with Gasteiger partial charge in [0, 0.05) is 30.3 Å². The molecule has 5 heteroatoms. The third-order valence-corrected chi connectivity index (χ3v) is 3.72. The molecule has 0 aliphatic rings. The SMILES string of the molecule is CCCNCc1cc(Br)ccc1N(CCC)CC(=O)NC. The lowest BCUT2D eigenvalue weighted by atomic mass is 10.1. The number of likely N-dealkylation sites (N-methyl/N-ethyl adjacent to an activating group) is 1. The molecule has 0 aliphatic heterocycles. The predicted octanol–water partition coefficient (Wildman–Crippen LogP) is 2.91. The molecule has 1 rings (SSSR count). The first-order valence-corrected chi connectivity index (χ1v) is 8.36. The zero-order valence-corrected chi connectivity index (χ0v) is 14.8. The Morgan fingerprint density at radius 3 is 2.67 bits per heavy atom. The Morgan fingerprint density at radius 1 is 1.29 bits per heavy atom. The number of anilines is 1. The molecule has 0 saturated heterocycles. The third-order valence-electron chi connectivity index (χ3n) is 3.23. The molecule has 1 aromatic rings. The third kappa shape index (κ3) is 6.06. The van der Waals surface area contributed by atoms with Crippen molar-refractivity contribution in [1.82, 2.24) is 10.6 Å². The first-order chi connectivity index (χ1) is 10.1. The standard InChI is InChI=1S/C16H26BrN3O/c1-4-8-19-11-13-10-14(17)6-7-15(13)20(9-5-2)12-16(21)18-3/h6-7,10,19H,4-5,8-9,11-12H2,1-3H3,(H,18,21). The number of halogens is 1. The monoisotopic (exact) mass is 355 g/mol. The number of carbonyl (C=O) groups excluding carboxylic acids is 1. The first kappa shape index (κ1) is 18.0. The normalized spacial score (nSPS) is 10.5. The Labute approximate surface area is 136 Å². The number of hydrogen-bond donors (Lipinski definition) is 2. The number of hydrogen-bond acceptors (Lipinski definition) is 3. The largest absolute Gasteiger partial charge is 0.362 e. The Morgan fingerprint density at radius 2 is 2.05 bits per heavy atom. The first-order valence-electron chi connectivity index (χ1n) is 7.57. The van der Waals surface area contributed by atoms with Crippen molar-refractivity contribution in [3.8, 4) is 0 Å². The van der Waals surface area contributed by atoms with Gasteiger partial charge in [0.25, 0.3) is 0 Å². The molecule has 0 radical (unpaired) electrons. The lowest BCUT2D eigenvalue weighted by Gasteiger charge is -2.26. The van der Waals surface area contributed by atoms with Crippen LogP contribution in [-0.2, 0) is 11.3 Å². The van der Waals surface area contributed by atoms with Crippen molar-refractivity contribution < 1.29 is 4.79 Å². The van der Waals surface area contributed by atoms with Gasteiger partial charge in [0.2, 0.25) is 5.91 Å². The van der Waals surface area contributed by atoms with Crippen LogP contribution in [0.1, 0.15) is 32.3 Å². The Balaban J connectivity index is 2.96. The average molecular weight is 356 g/mol. The molecule has 1 amide bonds. The molecule has 0 atom stereocenters. The minimum Gasteiger partial charge on any atom is -0.362 e. The second-order valence-corrected chi connectivity index (χ2v) is 5.96. The minimum atomic E-state index is 0.0406. The van der Waals surface area contributed by atoms with Gasteiger partial charge in [0.1, 0.15) is 0 Å². The quantitative estimate of drug-likeness (QED) is 0.669. The van der Waals surface area contributed by atoms with E-state index < -0.39 is 0 Å². The fourth-order valence-electron chi connectivity index (χ4n) is 2.21. The van der Waals surface area contributed by atoms with Crippen LogP contribution in [0.5, 0.6) is 0 Å². The summed E-state index contributed by atoms with van der Waals surface area (Å²) in [5.74, 6) is 0.0406. The molecule has 118 valence electrons. The molecule has 0 unspecified atom stereocenters. The van der Waals surface area contributed by atoms with E-state index in [9.17, 15) is 4.79 Å². The van der Waals surface area contributed by atoms with E-state index in [1.165, 1.54) is 5.56 Å². The molecular weight excluding hydrogens is 330 g/mol. The maximum Gasteiger partial charge on any atom is 0.239 e. The lowest BCUT2D eigenvalue weighted by molar-refractivity contribution is -0.119. The van der Waals surface area contributed by atoms with E-state index in [1.54, 1.807) is 7.05 Å². The van der Waals surface area contributed by atoms with Gasteiger partial charge in [-0.05, 0) is 43.1 Å². The molecule has 2 N–H and O–H groups in total. The Kier molecular flexibility index (Phi) is 8.38. The van der Waals surface area contributed by atoms with Gasteiger partial charge in [-0.2, -0.15) is 0 Å². The van der Waals surface area contributed by atoms with Crippen molar-refractivity contribution in [2.45, 2.75) is 33.2 Å². The highest BCUT2D eigenvalue weighted by atomic mass is 79.9. The van der Waals surface area contributed by atoms with E-state index in [1.807, 2.05) is 6.07 Å². The molecular formula is C16H26BrN3O. The van der Waals surface area contributed by atoms with Gasteiger partial charge in [0.15, 0.2) is 0 Å². The summed E-state index contributed by atoms with van der Waals surface area (Å²) in [6.45, 7) is 7.36. The van der Waals surface area contributed by atoms with Crippen LogP contribution < -0.4 is 15.5 Å². The summed E-state index contributed by atoms with van der Waals surface area (Å²) in [5, 5.41) is 6.14. The Hall–Kier alpha value is -1.07. The second kappa shape index (κ2) is 9.79. The maximum atomic E-state index is 11.7. The van der Waals surface area contributed by atoms with Crippen LogP contribution in [0.2, 0.25) is 0 Å². The van der Waals surface area contributed by atoms with Crippen molar-refractivity contribution in [2.24, 2.45) is 0 Å². The summed E-state index contributed by atoms with van der Waals surface area (Å²) in [7, 11) is 1.68. The summed E-state index contributed by atoms with van der Waals surface area (Å²) in [6, 6.07) is 6.25. The van der Waals surface area contributed by atoms with Crippen LogP contribution >= 0.6 is 15.9 Å². The van der Waals surface area contributed by atoms with Crippen LogP contribution in [0.4, 0.5) is 5.69 Å². The highest BCUT2D eigenvalue weighted by Crippen LogP contribution is 2.25. The fraction of sp³-hybridized carbons (Fsp3) is 0.562. The van der Waals surface area contributed by atoms with E-state index in [-0.39, 0.29) is 5.91 Å². The van der Waals surface area contributed by atoms with Crippen LogP contribution in [-0.4, -0.2) is 32.6 Å². The minimum absolute atomic E-state index is 0.0406. The smallest absolute Gasteiger partial charge is 0.239 e. The predicted molar refractivity (Wildman–Crippen MR) is 92.7 cm³/mol. The summed E-state index contributed by atoms with van der Waals surface area (Å²) in [5.41, 5.74) is 2.35. The summed E-state index contributed by atoms with van der Waals surface area (Å²) < 4.78 is 1.07.